The van der Waals surface area contributed by atoms with Gasteiger partial charge in [-0.15, -0.1) is 0 Å². The summed E-state index contributed by atoms with van der Waals surface area (Å²) in [6.07, 6.45) is 3.08. The van der Waals surface area contributed by atoms with E-state index in [2.05, 4.69) is 25.9 Å². The summed E-state index contributed by atoms with van der Waals surface area (Å²) in [6, 6.07) is 6.71. The number of hydrazine groups is 1. The second kappa shape index (κ2) is 5.69. The fourth-order valence-electron chi connectivity index (χ4n) is 1.35. The van der Waals surface area contributed by atoms with Gasteiger partial charge in [0.1, 0.15) is 5.82 Å². The summed E-state index contributed by atoms with van der Waals surface area (Å²) >= 11 is 0. The molecule has 0 bridgehead atoms. The molecule has 0 saturated carbocycles. The van der Waals surface area contributed by atoms with Crippen LogP contribution < -0.4 is 16.6 Å². The van der Waals surface area contributed by atoms with Crippen molar-refractivity contribution in [3.05, 3.63) is 47.9 Å². The topological polar surface area (TPSA) is 106 Å². The van der Waals surface area contributed by atoms with Crippen molar-refractivity contribution in [2.75, 3.05) is 5.43 Å². The molecule has 0 aliphatic heterocycles. The Morgan fingerprint density at radius 3 is 2.94 bits per heavy atom. The molecule has 0 spiro atoms. The van der Waals surface area contributed by atoms with Crippen LogP contribution in [0.2, 0.25) is 0 Å². The Bertz CT molecular complexity index is 530. The minimum Gasteiger partial charge on any atom is -0.346 e. The van der Waals surface area contributed by atoms with E-state index in [0.29, 0.717) is 23.6 Å². The van der Waals surface area contributed by atoms with Gasteiger partial charge in [0.15, 0.2) is 0 Å². The first kappa shape index (κ1) is 11.9. The van der Waals surface area contributed by atoms with E-state index in [9.17, 15) is 4.79 Å². The number of carbonyl (C=O) groups excluding carboxylic acids is 1. The number of pyridine rings is 1. The number of nitrogens with one attached hydrogen (secondary N) is 2. The zero-order chi connectivity index (χ0) is 12.8. The molecule has 0 aromatic carbocycles. The van der Waals surface area contributed by atoms with E-state index in [4.69, 9.17) is 5.84 Å². The van der Waals surface area contributed by atoms with Gasteiger partial charge in [-0.1, -0.05) is 0 Å². The van der Waals surface area contributed by atoms with E-state index in [1.165, 1.54) is 6.20 Å². The van der Waals surface area contributed by atoms with Crippen molar-refractivity contribution in [3.63, 3.8) is 0 Å². The normalized spacial score (nSPS) is 9.83. The third kappa shape index (κ3) is 2.98. The predicted molar refractivity (Wildman–Crippen MR) is 65.2 cm³/mol. The number of amides is 1. The number of anilines is 1. The van der Waals surface area contributed by atoms with Gasteiger partial charge in [0.2, 0.25) is 0 Å². The summed E-state index contributed by atoms with van der Waals surface area (Å²) in [6.45, 7) is 0.320. The minimum atomic E-state index is -0.223. The standard InChI is InChI=1S/C11H12N6O/c12-16-10-6-8(3-5-13-10)11(18)14-7-9-2-1-4-15-17-9/h1-6H,7,12H2,(H,13,16)(H,14,18). The van der Waals surface area contributed by atoms with Gasteiger partial charge in [-0.25, -0.2) is 10.8 Å². The van der Waals surface area contributed by atoms with Crippen LogP contribution in [0.3, 0.4) is 0 Å². The monoisotopic (exact) mass is 244 g/mol. The highest BCUT2D eigenvalue weighted by Gasteiger charge is 2.06. The molecule has 2 aromatic heterocycles. The third-order valence-electron chi connectivity index (χ3n) is 2.23. The van der Waals surface area contributed by atoms with Crippen LogP contribution in [0, 0.1) is 0 Å². The Morgan fingerprint density at radius 2 is 2.22 bits per heavy atom. The maximum atomic E-state index is 11.8. The van der Waals surface area contributed by atoms with E-state index in [1.54, 1.807) is 30.5 Å². The lowest BCUT2D eigenvalue weighted by molar-refractivity contribution is 0.0950. The molecular weight excluding hydrogens is 232 g/mol. The van der Waals surface area contributed by atoms with Crippen LogP contribution >= 0.6 is 0 Å². The average Bonchev–Trinajstić information content (AvgIpc) is 2.46. The third-order valence-corrected chi connectivity index (χ3v) is 2.23. The van der Waals surface area contributed by atoms with Crippen LogP contribution in [0.4, 0.5) is 5.82 Å². The van der Waals surface area contributed by atoms with Crippen LogP contribution in [-0.2, 0) is 6.54 Å². The van der Waals surface area contributed by atoms with Crippen molar-refractivity contribution >= 4 is 11.7 Å². The van der Waals surface area contributed by atoms with Crippen LogP contribution in [0.5, 0.6) is 0 Å². The molecule has 7 nitrogen and oxygen atoms in total. The van der Waals surface area contributed by atoms with E-state index >= 15 is 0 Å². The van der Waals surface area contributed by atoms with Crippen molar-refractivity contribution < 1.29 is 4.79 Å². The minimum absolute atomic E-state index is 0.223. The lowest BCUT2D eigenvalue weighted by Crippen LogP contribution is -2.23. The van der Waals surface area contributed by atoms with Crippen LogP contribution in [-0.4, -0.2) is 21.1 Å². The van der Waals surface area contributed by atoms with Gasteiger partial charge < -0.3 is 10.7 Å². The van der Waals surface area contributed by atoms with Gasteiger partial charge in [0, 0.05) is 18.0 Å². The fraction of sp³-hybridized carbons (Fsp3) is 0.0909. The molecule has 1 amide bonds. The van der Waals surface area contributed by atoms with Crippen LogP contribution in [0.25, 0.3) is 0 Å². The molecule has 0 aliphatic carbocycles. The Morgan fingerprint density at radius 1 is 1.33 bits per heavy atom. The number of carbonyl (C=O) groups is 1. The molecule has 0 radical (unpaired) electrons. The molecule has 0 unspecified atom stereocenters. The molecule has 2 aromatic rings. The lowest BCUT2D eigenvalue weighted by atomic mass is 10.2. The Hall–Kier alpha value is -2.54. The average molecular weight is 244 g/mol. The van der Waals surface area contributed by atoms with Gasteiger partial charge in [0.05, 0.1) is 12.2 Å². The van der Waals surface area contributed by atoms with Crippen molar-refractivity contribution in [2.45, 2.75) is 6.54 Å². The zero-order valence-electron chi connectivity index (χ0n) is 9.50. The van der Waals surface area contributed by atoms with E-state index < -0.39 is 0 Å². The van der Waals surface area contributed by atoms with Gasteiger partial charge in [-0.2, -0.15) is 10.2 Å². The second-order valence-corrected chi connectivity index (χ2v) is 3.47. The van der Waals surface area contributed by atoms with Gasteiger partial charge in [0.25, 0.3) is 5.91 Å². The molecule has 2 heterocycles. The largest absolute Gasteiger partial charge is 0.346 e. The number of hydrogen-bond donors (Lipinski definition) is 3. The first-order valence-corrected chi connectivity index (χ1v) is 5.27. The number of nitrogen functional groups attached to an aromatic ring is 1. The summed E-state index contributed by atoms with van der Waals surface area (Å²) in [5.41, 5.74) is 3.55. The molecule has 0 saturated heterocycles. The Labute approximate surface area is 103 Å². The maximum Gasteiger partial charge on any atom is 0.251 e. The zero-order valence-corrected chi connectivity index (χ0v) is 9.50. The number of rotatable bonds is 4. The predicted octanol–water partition coefficient (Wildman–Crippen LogP) is 0.0872. The van der Waals surface area contributed by atoms with Gasteiger partial charge in [-0.05, 0) is 24.3 Å². The number of hydrogen-bond acceptors (Lipinski definition) is 6. The summed E-state index contributed by atoms with van der Waals surface area (Å²) in [4.78, 5) is 15.8. The van der Waals surface area contributed by atoms with Crippen molar-refractivity contribution in [3.8, 4) is 0 Å². The van der Waals surface area contributed by atoms with Gasteiger partial charge in [-0.3, -0.25) is 4.79 Å². The first-order valence-electron chi connectivity index (χ1n) is 5.27. The molecule has 0 atom stereocenters. The molecule has 7 heteroatoms. The van der Waals surface area contributed by atoms with Crippen LogP contribution in [0.15, 0.2) is 36.7 Å². The fourth-order valence-corrected chi connectivity index (χ4v) is 1.35. The quantitative estimate of drug-likeness (QED) is 0.520. The van der Waals surface area contributed by atoms with Crippen molar-refractivity contribution in [1.82, 2.24) is 20.5 Å². The lowest BCUT2D eigenvalue weighted by Gasteiger charge is -2.05. The molecule has 0 aliphatic rings. The number of nitrogens with two attached hydrogens (primary N) is 1. The molecular formula is C11H12N6O. The van der Waals surface area contributed by atoms with Crippen molar-refractivity contribution in [2.24, 2.45) is 5.84 Å². The summed E-state index contributed by atoms with van der Waals surface area (Å²) in [7, 11) is 0. The SMILES string of the molecule is NNc1cc(C(=O)NCc2cccnn2)ccn1. The first-order chi connectivity index (χ1) is 8.79. The highest BCUT2D eigenvalue weighted by molar-refractivity contribution is 5.94. The second-order valence-electron chi connectivity index (χ2n) is 3.47. The van der Waals surface area contributed by atoms with E-state index in [-0.39, 0.29) is 5.91 Å². The molecule has 92 valence electrons. The summed E-state index contributed by atoms with van der Waals surface area (Å²) in [5.74, 6) is 5.43. The molecule has 2 rings (SSSR count). The van der Waals surface area contributed by atoms with E-state index in [1.807, 2.05) is 0 Å². The highest BCUT2D eigenvalue weighted by Crippen LogP contribution is 2.05. The maximum absolute atomic E-state index is 11.8. The van der Waals surface area contributed by atoms with Crippen molar-refractivity contribution in [1.29, 1.82) is 0 Å². The highest BCUT2D eigenvalue weighted by atomic mass is 16.1. The van der Waals surface area contributed by atoms with Gasteiger partial charge >= 0.3 is 0 Å². The number of aromatic nitrogens is 3. The smallest absolute Gasteiger partial charge is 0.251 e. The molecule has 18 heavy (non-hydrogen) atoms. The number of nitrogens with zero attached hydrogens (tertiary/aromatic N) is 3. The summed E-state index contributed by atoms with van der Waals surface area (Å²) in [5, 5.41) is 10.3. The van der Waals surface area contributed by atoms with Crippen LogP contribution in [0.1, 0.15) is 16.1 Å². The molecule has 0 fully saturated rings. The van der Waals surface area contributed by atoms with E-state index in [0.717, 1.165) is 0 Å². The summed E-state index contributed by atoms with van der Waals surface area (Å²) < 4.78 is 0. The Kier molecular flexibility index (Phi) is 3.77. The molecule has 4 N–H and O–H groups in total. The Balaban J connectivity index is 1.99.